The zero-order chi connectivity index (χ0) is 24.9. The van der Waals surface area contributed by atoms with Crippen LogP contribution in [0, 0.1) is 6.92 Å². The van der Waals surface area contributed by atoms with Crippen molar-refractivity contribution in [3.63, 3.8) is 0 Å². The van der Waals surface area contributed by atoms with E-state index >= 15 is 0 Å². The van der Waals surface area contributed by atoms with Gasteiger partial charge in [0.25, 0.3) is 0 Å². The van der Waals surface area contributed by atoms with E-state index in [-0.39, 0.29) is 0 Å². The van der Waals surface area contributed by atoms with E-state index in [1.54, 1.807) is 0 Å². The Morgan fingerprint density at radius 3 is 1.97 bits per heavy atom. The average Bonchev–Trinajstić information content (AvgIpc) is 3.17. The minimum absolute atomic E-state index is 1.27. The molecule has 37 heavy (non-hydrogen) atoms. The number of rotatable bonds is 2. The maximum absolute atomic E-state index is 2.40. The lowest BCUT2D eigenvalue weighted by Gasteiger charge is -2.16. The van der Waals surface area contributed by atoms with Crippen LogP contribution < -0.4 is 0 Å². The monoisotopic (exact) mass is 471 g/mol. The van der Waals surface area contributed by atoms with E-state index in [1.165, 1.54) is 77.2 Å². The van der Waals surface area contributed by atoms with E-state index in [9.17, 15) is 0 Å². The van der Waals surface area contributed by atoms with Crippen LogP contribution in [0.1, 0.15) is 34.7 Å². The predicted molar refractivity (Wildman–Crippen MR) is 160 cm³/mol. The van der Waals surface area contributed by atoms with Gasteiger partial charge in [-0.1, -0.05) is 78.9 Å². The summed E-state index contributed by atoms with van der Waals surface area (Å²) in [5.74, 6) is 0. The van der Waals surface area contributed by atoms with Crippen LogP contribution in [0.15, 0.2) is 127 Å². The molecule has 0 saturated heterocycles. The summed E-state index contributed by atoms with van der Waals surface area (Å²) in [5.41, 5.74) is 13.0. The molecule has 0 heterocycles. The highest BCUT2D eigenvalue weighted by atomic mass is 14.3. The molecule has 0 unspecified atom stereocenters. The normalized spacial score (nSPS) is 14.2. The van der Waals surface area contributed by atoms with Crippen molar-refractivity contribution >= 4 is 38.3 Å². The second-order valence-electron chi connectivity index (χ2n) is 10.0. The summed E-state index contributed by atoms with van der Waals surface area (Å²) in [4.78, 5) is 0. The third-order valence-corrected chi connectivity index (χ3v) is 7.79. The Morgan fingerprint density at radius 1 is 0.595 bits per heavy atom. The molecule has 0 saturated carbocycles. The third-order valence-electron chi connectivity index (χ3n) is 7.79. The highest BCUT2D eigenvalue weighted by molar-refractivity contribution is 6.20. The van der Waals surface area contributed by atoms with Crippen LogP contribution in [0.25, 0.3) is 49.4 Å². The minimum Gasteiger partial charge on any atom is -0.0622 e. The van der Waals surface area contributed by atoms with Gasteiger partial charge in [0.1, 0.15) is 0 Å². The lowest BCUT2D eigenvalue weighted by Crippen LogP contribution is -1.96. The molecule has 0 aliphatic heterocycles. The molecule has 0 spiro atoms. The maximum atomic E-state index is 2.40. The van der Waals surface area contributed by atoms with Crippen LogP contribution in [0.5, 0.6) is 0 Å². The Morgan fingerprint density at radius 2 is 1.22 bits per heavy atom. The molecule has 0 fully saturated rings. The van der Waals surface area contributed by atoms with Gasteiger partial charge in [-0.3, -0.25) is 0 Å². The van der Waals surface area contributed by atoms with Crippen molar-refractivity contribution in [2.75, 3.05) is 0 Å². The number of allylic oxidation sites excluding steroid dienone is 3. The van der Waals surface area contributed by atoms with Crippen molar-refractivity contribution in [1.29, 1.82) is 0 Å². The summed E-state index contributed by atoms with van der Waals surface area (Å²) in [6, 6.07) is 44.3. The SMILES string of the molecule is CC1=C/C(=C(/c2cc(C)c3cccccc2-3)c2c3ccccc3cc3ccccc23)[c+]2cccccc21. The topological polar surface area (TPSA) is 0 Å². The van der Waals surface area contributed by atoms with Crippen molar-refractivity contribution in [2.24, 2.45) is 0 Å². The third kappa shape index (κ3) is 3.41. The smallest absolute Gasteiger partial charge is 0.0622 e. The molecule has 0 nitrogen and oxygen atoms in total. The lowest BCUT2D eigenvalue weighted by molar-refractivity contribution is 1.54. The van der Waals surface area contributed by atoms with Crippen LogP contribution in [0.2, 0.25) is 0 Å². The molecule has 174 valence electrons. The van der Waals surface area contributed by atoms with Crippen molar-refractivity contribution in [2.45, 2.75) is 13.8 Å². The van der Waals surface area contributed by atoms with Gasteiger partial charge in [0.05, 0.1) is 22.3 Å². The van der Waals surface area contributed by atoms with Gasteiger partial charge in [0.15, 0.2) is 0 Å². The highest BCUT2D eigenvalue weighted by Gasteiger charge is 2.30. The summed E-state index contributed by atoms with van der Waals surface area (Å²) in [6.45, 7) is 4.47. The molecular weight excluding hydrogens is 444 g/mol. The first-order chi connectivity index (χ1) is 18.2. The summed E-state index contributed by atoms with van der Waals surface area (Å²) < 4.78 is 0. The minimum atomic E-state index is 1.27. The van der Waals surface area contributed by atoms with E-state index in [0.717, 1.165) is 0 Å². The molecule has 0 aromatic heterocycles. The molecule has 0 N–H and O–H groups in total. The second kappa shape index (κ2) is 8.54. The van der Waals surface area contributed by atoms with Gasteiger partial charge in [0.2, 0.25) is 0 Å². The quantitative estimate of drug-likeness (QED) is 0.174. The van der Waals surface area contributed by atoms with Gasteiger partial charge in [-0.05, 0) is 88.5 Å². The molecule has 4 aromatic rings. The van der Waals surface area contributed by atoms with Gasteiger partial charge >= 0.3 is 0 Å². The summed E-state index contributed by atoms with van der Waals surface area (Å²) in [7, 11) is 0. The van der Waals surface area contributed by atoms with Crippen molar-refractivity contribution in [3.8, 4) is 11.1 Å². The van der Waals surface area contributed by atoms with Crippen LogP contribution in [0.3, 0.4) is 0 Å². The largest absolute Gasteiger partial charge is 0.0798 e. The molecule has 0 bridgehead atoms. The first-order valence-corrected chi connectivity index (χ1v) is 13.0. The highest BCUT2D eigenvalue weighted by Crippen LogP contribution is 2.48. The van der Waals surface area contributed by atoms with Crippen LogP contribution >= 0.6 is 0 Å². The fraction of sp³-hybridized carbons (Fsp3) is 0.0541. The second-order valence-corrected chi connectivity index (χ2v) is 10.0. The van der Waals surface area contributed by atoms with Gasteiger partial charge < -0.3 is 0 Å². The number of benzene rings is 3. The fourth-order valence-electron chi connectivity index (χ4n) is 6.11. The molecular formula is C37H27+. The van der Waals surface area contributed by atoms with Gasteiger partial charge in [-0.25, -0.2) is 0 Å². The molecule has 4 aromatic carbocycles. The summed E-state index contributed by atoms with van der Waals surface area (Å²) in [5, 5.41) is 5.11. The molecule has 7 rings (SSSR count). The van der Waals surface area contributed by atoms with Crippen molar-refractivity contribution in [3.05, 3.63) is 155 Å². The molecule has 3 aliphatic rings. The Kier molecular flexibility index (Phi) is 5.01. The van der Waals surface area contributed by atoms with E-state index < -0.39 is 0 Å². The summed E-state index contributed by atoms with van der Waals surface area (Å²) >= 11 is 0. The Labute approximate surface area is 218 Å². The number of hydrogen-bond donors (Lipinski definition) is 0. The maximum Gasteiger partial charge on any atom is 0.0798 e. The predicted octanol–water partition coefficient (Wildman–Crippen LogP) is 10.1. The van der Waals surface area contributed by atoms with E-state index in [2.05, 4.69) is 141 Å². The van der Waals surface area contributed by atoms with Gasteiger partial charge in [-0.15, -0.1) is 0 Å². The first-order valence-electron chi connectivity index (χ1n) is 13.0. The fourth-order valence-corrected chi connectivity index (χ4v) is 6.11. The molecule has 3 aliphatic carbocycles. The van der Waals surface area contributed by atoms with E-state index in [0.29, 0.717) is 0 Å². The van der Waals surface area contributed by atoms with E-state index in [4.69, 9.17) is 0 Å². The molecule has 0 atom stereocenters. The molecule has 0 heteroatoms. The zero-order valence-corrected chi connectivity index (χ0v) is 21.1. The Bertz CT molecular complexity index is 1830. The number of fused-ring (bicyclic) bond motifs is 4. The van der Waals surface area contributed by atoms with Crippen LogP contribution in [-0.2, 0) is 0 Å². The zero-order valence-electron chi connectivity index (χ0n) is 21.1. The average molecular weight is 472 g/mol. The summed E-state index contributed by atoms with van der Waals surface area (Å²) in [6.07, 6.45) is 2.40. The van der Waals surface area contributed by atoms with Crippen LogP contribution in [-0.4, -0.2) is 0 Å². The van der Waals surface area contributed by atoms with Crippen molar-refractivity contribution in [1.82, 2.24) is 0 Å². The van der Waals surface area contributed by atoms with Gasteiger partial charge in [0, 0.05) is 28.8 Å². The Hall–Kier alpha value is -4.55. The lowest BCUT2D eigenvalue weighted by atomic mass is 9.84. The van der Waals surface area contributed by atoms with Crippen LogP contribution in [0.4, 0.5) is 0 Å². The molecule has 0 radical (unpaired) electrons. The number of aryl methyl sites for hydroxylation is 1. The standard InChI is InChI=1S/C37H27/c1-24-21-34(32-19-7-3-5-15-28(24)32)37(35-22-25(2)29-16-6-4-8-20-33(29)35)36-30-17-11-9-13-26(30)23-27-14-10-12-18-31(27)36/h3-23H,1-2H3/q+1/b37-34+. The van der Waals surface area contributed by atoms with Crippen molar-refractivity contribution < 1.29 is 0 Å². The Balaban J connectivity index is 1.73. The van der Waals surface area contributed by atoms with E-state index in [1.807, 2.05) is 0 Å². The van der Waals surface area contributed by atoms with Gasteiger partial charge in [-0.2, -0.15) is 0 Å². The first kappa shape index (κ1) is 21.7. The molecule has 0 amide bonds. The number of hydrogen-bond acceptors (Lipinski definition) is 0.